The average molecular weight is 298 g/mol. The van der Waals surface area contributed by atoms with Crippen LogP contribution in [-0.4, -0.2) is 13.1 Å². The molecule has 1 N–H and O–H groups in total. The molecule has 0 aliphatic heterocycles. The molecule has 0 spiro atoms. The van der Waals surface area contributed by atoms with Gasteiger partial charge in [-0.05, 0) is 49.4 Å². The van der Waals surface area contributed by atoms with Crippen molar-refractivity contribution < 1.29 is 0 Å². The lowest BCUT2D eigenvalue weighted by Gasteiger charge is -2.23. The third kappa shape index (κ3) is 6.23. The van der Waals surface area contributed by atoms with Crippen molar-refractivity contribution in [3.63, 3.8) is 0 Å². The van der Waals surface area contributed by atoms with Crippen molar-refractivity contribution in [3.8, 4) is 0 Å². The van der Waals surface area contributed by atoms with Gasteiger partial charge < -0.3 is 5.32 Å². The molecule has 1 unspecified atom stereocenters. The highest BCUT2D eigenvalue weighted by Gasteiger charge is 2.14. The van der Waals surface area contributed by atoms with Gasteiger partial charge in [0.1, 0.15) is 0 Å². The summed E-state index contributed by atoms with van der Waals surface area (Å²) >= 11 is 3.52. The van der Waals surface area contributed by atoms with Gasteiger partial charge in [0.05, 0.1) is 0 Å². The minimum absolute atomic E-state index is 0.423. The maximum atomic E-state index is 3.52. The van der Waals surface area contributed by atoms with Crippen LogP contribution in [0.3, 0.4) is 0 Å². The Morgan fingerprint density at radius 2 is 2.00 bits per heavy atom. The van der Waals surface area contributed by atoms with Gasteiger partial charge in [-0.25, -0.2) is 0 Å². The van der Waals surface area contributed by atoms with Crippen molar-refractivity contribution >= 4 is 15.9 Å². The molecule has 0 amide bonds. The van der Waals surface area contributed by atoms with Gasteiger partial charge in [-0.2, -0.15) is 0 Å². The van der Waals surface area contributed by atoms with E-state index in [2.05, 4.69) is 73.3 Å². The van der Waals surface area contributed by atoms with Crippen LogP contribution in [0.2, 0.25) is 0 Å². The Balaban J connectivity index is 2.52. The third-order valence-corrected chi connectivity index (χ3v) is 3.52. The largest absolute Gasteiger partial charge is 0.317 e. The van der Waals surface area contributed by atoms with Crippen molar-refractivity contribution in [2.24, 2.45) is 5.41 Å². The number of hydrogen-bond acceptors (Lipinski definition) is 1. The van der Waals surface area contributed by atoms with E-state index < -0.39 is 0 Å². The fourth-order valence-corrected chi connectivity index (χ4v) is 2.35. The lowest BCUT2D eigenvalue weighted by Crippen LogP contribution is -2.28. The Morgan fingerprint density at radius 1 is 1.29 bits per heavy atom. The smallest absolute Gasteiger partial charge is 0.0178 e. The second-order valence-electron chi connectivity index (χ2n) is 5.92. The molecule has 96 valence electrons. The molecule has 1 aromatic carbocycles. The first-order valence-corrected chi connectivity index (χ1v) is 7.12. The predicted molar refractivity (Wildman–Crippen MR) is 79.4 cm³/mol. The van der Waals surface area contributed by atoms with Crippen LogP contribution in [0, 0.1) is 5.41 Å². The van der Waals surface area contributed by atoms with E-state index in [1.807, 2.05) is 0 Å². The minimum Gasteiger partial charge on any atom is -0.317 e. The maximum Gasteiger partial charge on any atom is 0.0178 e. The summed E-state index contributed by atoms with van der Waals surface area (Å²) in [6, 6.07) is 9.17. The molecule has 0 aromatic heterocycles. The second kappa shape index (κ2) is 6.55. The van der Waals surface area contributed by atoms with Gasteiger partial charge in [-0.3, -0.25) is 0 Å². The highest BCUT2D eigenvalue weighted by atomic mass is 79.9. The zero-order valence-corrected chi connectivity index (χ0v) is 13.0. The van der Waals surface area contributed by atoms with Crippen molar-refractivity contribution in [1.82, 2.24) is 5.32 Å². The van der Waals surface area contributed by atoms with Crippen LogP contribution >= 0.6 is 15.9 Å². The summed E-state index contributed by atoms with van der Waals surface area (Å²) in [5, 5.41) is 3.43. The fourth-order valence-electron chi connectivity index (χ4n) is 1.90. The van der Waals surface area contributed by atoms with E-state index in [1.165, 1.54) is 22.9 Å². The minimum atomic E-state index is 0.423. The molecule has 1 aromatic rings. The molecule has 0 aliphatic carbocycles. The van der Waals surface area contributed by atoms with Crippen LogP contribution in [0.1, 0.15) is 39.2 Å². The van der Waals surface area contributed by atoms with E-state index in [9.17, 15) is 0 Å². The standard InChI is InChI=1S/C15H24BrN/c1-15(2,3)9-8-14(17-4)11-12-6-5-7-13(16)10-12/h5-7,10,14,17H,8-9,11H2,1-4H3. The number of hydrogen-bond donors (Lipinski definition) is 1. The lowest BCUT2D eigenvalue weighted by atomic mass is 9.87. The second-order valence-corrected chi connectivity index (χ2v) is 6.83. The summed E-state index contributed by atoms with van der Waals surface area (Å²) in [5.41, 5.74) is 1.82. The molecular formula is C15H24BrN. The molecule has 0 fully saturated rings. The SMILES string of the molecule is CNC(CCC(C)(C)C)Cc1cccc(Br)c1. The van der Waals surface area contributed by atoms with E-state index >= 15 is 0 Å². The number of benzene rings is 1. The molecule has 1 rings (SSSR count). The monoisotopic (exact) mass is 297 g/mol. The topological polar surface area (TPSA) is 12.0 Å². The van der Waals surface area contributed by atoms with E-state index in [4.69, 9.17) is 0 Å². The fraction of sp³-hybridized carbons (Fsp3) is 0.600. The summed E-state index contributed by atoms with van der Waals surface area (Å²) in [4.78, 5) is 0. The molecule has 0 bridgehead atoms. The molecule has 0 heterocycles. The Bertz CT molecular complexity index is 341. The van der Waals surface area contributed by atoms with E-state index in [1.54, 1.807) is 0 Å². The Morgan fingerprint density at radius 3 is 2.53 bits per heavy atom. The normalized spacial score (nSPS) is 13.7. The van der Waals surface area contributed by atoms with Gasteiger partial charge in [0, 0.05) is 10.5 Å². The Kier molecular flexibility index (Phi) is 5.68. The number of nitrogens with one attached hydrogen (secondary N) is 1. The summed E-state index contributed by atoms with van der Waals surface area (Å²) in [5.74, 6) is 0. The van der Waals surface area contributed by atoms with Crippen LogP contribution in [-0.2, 0) is 6.42 Å². The summed E-state index contributed by atoms with van der Waals surface area (Å²) in [6.45, 7) is 6.91. The van der Waals surface area contributed by atoms with E-state index in [-0.39, 0.29) is 0 Å². The molecule has 1 nitrogen and oxygen atoms in total. The molecule has 0 saturated carbocycles. The lowest BCUT2D eigenvalue weighted by molar-refractivity contribution is 0.334. The van der Waals surface area contributed by atoms with Gasteiger partial charge in [0.15, 0.2) is 0 Å². The van der Waals surface area contributed by atoms with Crippen LogP contribution in [0.15, 0.2) is 28.7 Å². The van der Waals surface area contributed by atoms with Crippen molar-refractivity contribution in [1.29, 1.82) is 0 Å². The van der Waals surface area contributed by atoms with Crippen molar-refractivity contribution in [2.75, 3.05) is 7.05 Å². The summed E-state index contributed by atoms with van der Waals surface area (Å²) < 4.78 is 1.17. The van der Waals surface area contributed by atoms with Gasteiger partial charge in [0.2, 0.25) is 0 Å². The number of rotatable bonds is 5. The molecule has 1 atom stereocenters. The van der Waals surface area contributed by atoms with Gasteiger partial charge in [-0.1, -0.05) is 48.8 Å². The molecule has 0 radical (unpaired) electrons. The quantitative estimate of drug-likeness (QED) is 0.849. The molecule has 0 saturated heterocycles. The van der Waals surface area contributed by atoms with E-state index in [0.29, 0.717) is 11.5 Å². The maximum absolute atomic E-state index is 3.52. The van der Waals surface area contributed by atoms with Crippen LogP contribution < -0.4 is 5.32 Å². The van der Waals surface area contributed by atoms with Crippen molar-refractivity contribution in [3.05, 3.63) is 34.3 Å². The van der Waals surface area contributed by atoms with Crippen LogP contribution in [0.4, 0.5) is 0 Å². The average Bonchev–Trinajstić information content (AvgIpc) is 2.23. The molecule has 17 heavy (non-hydrogen) atoms. The van der Waals surface area contributed by atoms with E-state index in [0.717, 1.165) is 6.42 Å². The zero-order valence-electron chi connectivity index (χ0n) is 11.4. The first kappa shape index (κ1) is 14.7. The van der Waals surface area contributed by atoms with Gasteiger partial charge in [0.25, 0.3) is 0 Å². The Labute approximate surface area is 114 Å². The Hall–Kier alpha value is -0.340. The summed E-state index contributed by atoms with van der Waals surface area (Å²) in [6.07, 6.45) is 3.59. The molecule has 2 heteroatoms. The first-order chi connectivity index (χ1) is 7.90. The van der Waals surface area contributed by atoms with Gasteiger partial charge in [-0.15, -0.1) is 0 Å². The predicted octanol–water partition coefficient (Wildman–Crippen LogP) is 4.41. The van der Waals surface area contributed by atoms with Gasteiger partial charge >= 0.3 is 0 Å². The highest BCUT2D eigenvalue weighted by Crippen LogP contribution is 2.23. The first-order valence-electron chi connectivity index (χ1n) is 6.32. The molecule has 0 aliphatic rings. The molecular weight excluding hydrogens is 274 g/mol. The highest BCUT2D eigenvalue weighted by molar-refractivity contribution is 9.10. The number of halogens is 1. The third-order valence-electron chi connectivity index (χ3n) is 3.02. The van der Waals surface area contributed by atoms with Crippen LogP contribution in [0.5, 0.6) is 0 Å². The van der Waals surface area contributed by atoms with Crippen molar-refractivity contribution in [2.45, 2.75) is 46.1 Å². The summed E-state index contributed by atoms with van der Waals surface area (Å²) in [7, 11) is 2.06. The van der Waals surface area contributed by atoms with Crippen LogP contribution in [0.25, 0.3) is 0 Å². The number of likely N-dealkylation sites (N-methyl/N-ethyl adjacent to an activating group) is 1. The zero-order chi connectivity index (χ0) is 12.9.